The molecule has 6 nitrogen and oxygen atoms in total. The Hall–Kier alpha value is -3.09. The molecule has 0 aromatic heterocycles. The van der Waals surface area contributed by atoms with Crippen LogP contribution >= 0.6 is 23.2 Å². The highest BCUT2D eigenvalue weighted by Gasteiger charge is 2.21. The summed E-state index contributed by atoms with van der Waals surface area (Å²) in [4.78, 5) is 17.5. The lowest BCUT2D eigenvalue weighted by molar-refractivity contribution is 0.0944. The number of methoxy groups -OCH3 is 1. The molecule has 3 aromatic carbocycles. The molecule has 1 N–H and O–H groups in total. The summed E-state index contributed by atoms with van der Waals surface area (Å²) in [5.74, 6) is 1.45. The molecule has 1 amide bonds. The highest BCUT2D eigenvalue weighted by Crippen LogP contribution is 2.29. The first-order chi connectivity index (χ1) is 18.3. The standard InChI is InChI=1S/C30H35Cl2N3O3/c1-34(2)25-7-9-26(10-8-25)35-15-12-21(13-16-35)20-33-30(36)23-5-11-28(37-3)29(18-23)38-17-14-22-4-6-24(31)19-27(22)32/h4-11,18-19,21H,12-17,20H2,1-3H3,(H,33,36). The number of halogens is 2. The highest BCUT2D eigenvalue weighted by atomic mass is 35.5. The Morgan fingerprint density at radius 2 is 1.74 bits per heavy atom. The number of ether oxygens (including phenoxy) is 2. The van der Waals surface area contributed by atoms with Gasteiger partial charge in [-0.1, -0.05) is 29.3 Å². The van der Waals surface area contributed by atoms with Crippen LogP contribution in [0.3, 0.4) is 0 Å². The van der Waals surface area contributed by atoms with Crippen molar-refractivity contribution >= 4 is 40.5 Å². The molecule has 0 unspecified atom stereocenters. The van der Waals surface area contributed by atoms with Crippen LogP contribution in [0.1, 0.15) is 28.8 Å². The summed E-state index contributed by atoms with van der Waals surface area (Å²) >= 11 is 12.2. The van der Waals surface area contributed by atoms with Gasteiger partial charge in [0, 0.05) is 67.1 Å². The van der Waals surface area contributed by atoms with E-state index >= 15 is 0 Å². The van der Waals surface area contributed by atoms with Gasteiger partial charge >= 0.3 is 0 Å². The van der Waals surface area contributed by atoms with Crippen LogP contribution in [0.2, 0.25) is 10.0 Å². The Kier molecular flexibility index (Phi) is 9.64. The summed E-state index contributed by atoms with van der Waals surface area (Å²) in [5, 5.41) is 4.32. The molecule has 0 spiro atoms. The van der Waals surface area contributed by atoms with E-state index < -0.39 is 0 Å². The van der Waals surface area contributed by atoms with Crippen LogP contribution in [0.25, 0.3) is 0 Å². The van der Waals surface area contributed by atoms with Crippen molar-refractivity contribution in [2.45, 2.75) is 19.3 Å². The Morgan fingerprint density at radius 3 is 2.39 bits per heavy atom. The van der Waals surface area contributed by atoms with E-state index in [4.69, 9.17) is 32.7 Å². The third-order valence-corrected chi connectivity index (χ3v) is 7.55. The molecule has 38 heavy (non-hydrogen) atoms. The SMILES string of the molecule is COc1ccc(C(=O)NCC2CCN(c3ccc(N(C)C)cc3)CC2)cc1OCCc1ccc(Cl)cc1Cl. The molecular formula is C30H35Cl2N3O3. The second-order valence-corrected chi connectivity index (χ2v) is 10.6. The lowest BCUT2D eigenvalue weighted by Gasteiger charge is -2.34. The maximum absolute atomic E-state index is 12.9. The van der Waals surface area contributed by atoms with Gasteiger partial charge in [0.1, 0.15) is 0 Å². The Labute approximate surface area is 235 Å². The summed E-state index contributed by atoms with van der Waals surface area (Å²) < 4.78 is 11.4. The topological polar surface area (TPSA) is 54.0 Å². The molecule has 0 bridgehead atoms. The summed E-state index contributed by atoms with van der Waals surface area (Å²) in [6, 6.07) is 19.4. The van der Waals surface area contributed by atoms with Crippen molar-refractivity contribution in [3.05, 3.63) is 81.8 Å². The van der Waals surface area contributed by atoms with E-state index in [9.17, 15) is 4.79 Å². The van der Waals surface area contributed by atoms with E-state index in [0.29, 0.717) is 52.6 Å². The molecule has 3 aromatic rings. The number of benzene rings is 3. The molecule has 202 valence electrons. The third kappa shape index (κ3) is 7.27. The minimum atomic E-state index is -0.111. The molecular weight excluding hydrogens is 521 g/mol. The fourth-order valence-electron chi connectivity index (χ4n) is 4.62. The second kappa shape index (κ2) is 13.1. The molecule has 4 rings (SSSR count). The van der Waals surface area contributed by atoms with Crippen molar-refractivity contribution < 1.29 is 14.3 Å². The maximum Gasteiger partial charge on any atom is 0.251 e. The lowest BCUT2D eigenvalue weighted by Crippen LogP contribution is -2.38. The van der Waals surface area contributed by atoms with Gasteiger partial charge < -0.3 is 24.6 Å². The van der Waals surface area contributed by atoms with Gasteiger partial charge in [0.2, 0.25) is 0 Å². The molecule has 0 radical (unpaired) electrons. The van der Waals surface area contributed by atoms with Crippen LogP contribution in [-0.4, -0.2) is 53.4 Å². The van der Waals surface area contributed by atoms with Gasteiger partial charge in [-0.05, 0) is 78.9 Å². The smallest absolute Gasteiger partial charge is 0.251 e. The Balaban J connectivity index is 1.27. The number of hydrogen-bond donors (Lipinski definition) is 1. The van der Waals surface area contributed by atoms with Crippen molar-refractivity contribution in [2.24, 2.45) is 5.92 Å². The third-order valence-electron chi connectivity index (χ3n) is 6.97. The quantitative estimate of drug-likeness (QED) is 0.316. The van der Waals surface area contributed by atoms with Crippen LogP contribution in [0, 0.1) is 5.92 Å². The van der Waals surface area contributed by atoms with Crippen molar-refractivity contribution in [2.75, 3.05) is 57.2 Å². The minimum absolute atomic E-state index is 0.111. The van der Waals surface area contributed by atoms with Gasteiger partial charge in [-0.15, -0.1) is 0 Å². The van der Waals surface area contributed by atoms with Crippen molar-refractivity contribution in [1.29, 1.82) is 0 Å². The summed E-state index contributed by atoms with van der Waals surface area (Å²) in [5.41, 5.74) is 3.94. The molecule has 1 fully saturated rings. The van der Waals surface area contributed by atoms with E-state index in [1.165, 1.54) is 11.4 Å². The molecule has 1 heterocycles. The van der Waals surface area contributed by atoms with Crippen molar-refractivity contribution in [3.63, 3.8) is 0 Å². The zero-order valence-electron chi connectivity index (χ0n) is 22.2. The van der Waals surface area contributed by atoms with Gasteiger partial charge in [0.15, 0.2) is 11.5 Å². The Morgan fingerprint density at radius 1 is 1.00 bits per heavy atom. The minimum Gasteiger partial charge on any atom is -0.493 e. The largest absolute Gasteiger partial charge is 0.493 e. The number of amides is 1. The van der Waals surface area contributed by atoms with Crippen LogP contribution in [0.5, 0.6) is 11.5 Å². The van der Waals surface area contributed by atoms with Crippen molar-refractivity contribution in [3.8, 4) is 11.5 Å². The predicted molar refractivity (Wildman–Crippen MR) is 157 cm³/mol. The number of piperidine rings is 1. The molecule has 1 aliphatic rings. The van der Waals surface area contributed by atoms with E-state index in [1.54, 1.807) is 37.4 Å². The second-order valence-electron chi connectivity index (χ2n) is 9.75. The molecule has 0 saturated carbocycles. The highest BCUT2D eigenvalue weighted by molar-refractivity contribution is 6.35. The van der Waals surface area contributed by atoms with Gasteiger partial charge in [-0.2, -0.15) is 0 Å². The number of rotatable bonds is 10. The monoisotopic (exact) mass is 555 g/mol. The van der Waals surface area contributed by atoms with Gasteiger partial charge in [-0.25, -0.2) is 0 Å². The van der Waals surface area contributed by atoms with Crippen LogP contribution in [0.4, 0.5) is 11.4 Å². The van der Waals surface area contributed by atoms with E-state index in [-0.39, 0.29) is 5.91 Å². The van der Waals surface area contributed by atoms with Crippen molar-refractivity contribution in [1.82, 2.24) is 5.32 Å². The number of nitrogens with zero attached hydrogens (tertiary/aromatic N) is 2. The fraction of sp³-hybridized carbons (Fsp3) is 0.367. The summed E-state index contributed by atoms with van der Waals surface area (Å²) in [6.07, 6.45) is 2.69. The normalized spacial score (nSPS) is 13.8. The first kappa shape index (κ1) is 27.9. The first-order valence-corrected chi connectivity index (χ1v) is 13.6. The number of carbonyl (C=O) groups is 1. The molecule has 8 heteroatoms. The first-order valence-electron chi connectivity index (χ1n) is 12.9. The number of carbonyl (C=O) groups excluding carboxylic acids is 1. The average molecular weight is 557 g/mol. The van der Waals surface area contributed by atoms with E-state index in [0.717, 1.165) is 31.5 Å². The molecule has 0 atom stereocenters. The average Bonchev–Trinajstić information content (AvgIpc) is 2.93. The number of anilines is 2. The zero-order chi connectivity index (χ0) is 27.1. The van der Waals surface area contributed by atoms with Crippen LogP contribution < -0.4 is 24.6 Å². The van der Waals surface area contributed by atoms with Gasteiger partial charge in [0.05, 0.1) is 13.7 Å². The molecule has 1 aliphatic heterocycles. The van der Waals surface area contributed by atoms with E-state index in [1.807, 2.05) is 20.2 Å². The predicted octanol–water partition coefficient (Wildman–Crippen LogP) is 6.34. The van der Waals surface area contributed by atoms with Crippen LogP contribution in [-0.2, 0) is 6.42 Å². The molecule has 1 saturated heterocycles. The summed E-state index contributed by atoms with van der Waals surface area (Å²) in [6.45, 7) is 3.02. The van der Waals surface area contributed by atoms with Gasteiger partial charge in [0.25, 0.3) is 5.91 Å². The van der Waals surface area contributed by atoms with E-state index in [2.05, 4.69) is 39.4 Å². The zero-order valence-corrected chi connectivity index (χ0v) is 23.7. The Bertz CT molecular complexity index is 1230. The summed E-state index contributed by atoms with van der Waals surface area (Å²) in [7, 11) is 5.68. The lowest BCUT2D eigenvalue weighted by atomic mass is 9.96. The molecule has 0 aliphatic carbocycles. The van der Waals surface area contributed by atoms with Crippen LogP contribution in [0.15, 0.2) is 60.7 Å². The fourth-order valence-corrected chi connectivity index (χ4v) is 5.13. The maximum atomic E-state index is 12.9. The number of nitrogens with one attached hydrogen (secondary N) is 1. The number of hydrogen-bond acceptors (Lipinski definition) is 5. The van der Waals surface area contributed by atoms with Gasteiger partial charge in [-0.3, -0.25) is 4.79 Å².